The quantitative estimate of drug-likeness (QED) is 0.146. The summed E-state index contributed by atoms with van der Waals surface area (Å²) in [4.78, 5) is 27.3. The molecule has 0 bridgehead atoms. The van der Waals surface area contributed by atoms with E-state index in [9.17, 15) is 20.0 Å². The van der Waals surface area contributed by atoms with E-state index in [0.29, 0.717) is 38.4 Å². The number of fused-ring (bicyclic) bond motifs is 1. The van der Waals surface area contributed by atoms with E-state index in [0.717, 1.165) is 38.5 Å². The summed E-state index contributed by atoms with van der Waals surface area (Å²) >= 11 is 2.56. The molecule has 38 heavy (non-hydrogen) atoms. The van der Waals surface area contributed by atoms with Crippen LogP contribution in [0.25, 0.3) is 0 Å². The third-order valence-corrected chi connectivity index (χ3v) is 9.41. The third kappa shape index (κ3) is 8.27. The first-order valence-electron chi connectivity index (χ1n) is 13.8. The monoisotopic (exact) mass is 561 g/mol. The van der Waals surface area contributed by atoms with E-state index in [1.54, 1.807) is 12.1 Å². The van der Waals surface area contributed by atoms with E-state index in [4.69, 9.17) is 9.47 Å². The van der Waals surface area contributed by atoms with Crippen molar-refractivity contribution < 1.29 is 24.2 Å². The Balaban J connectivity index is 2.49. The van der Waals surface area contributed by atoms with Gasteiger partial charge in [0.15, 0.2) is 0 Å². The summed E-state index contributed by atoms with van der Waals surface area (Å²) in [5.41, 5.74) is -0.290. The molecule has 2 rings (SSSR count). The maximum absolute atomic E-state index is 13.0. The zero-order chi connectivity index (χ0) is 28.5. The summed E-state index contributed by atoms with van der Waals surface area (Å²) in [5.74, 6) is -0.189. The molecule has 3 unspecified atom stereocenters. The van der Waals surface area contributed by atoms with Crippen LogP contribution in [0.5, 0.6) is 11.5 Å². The number of nitrogens with zero attached hydrogens (tertiary/aromatic N) is 1. The molecule has 3 atom stereocenters. The Kier molecular flexibility index (Phi) is 12.7. The van der Waals surface area contributed by atoms with Crippen LogP contribution in [-0.2, 0) is 9.59 Å². The number of rotatable bonds is 13. The van der Waals surface area contributed by atoms with Crippen molar-refractivity contribution in [3.63, 3.8) is 0 Å². The summed E-state index contributed by atoms with van der Waals surface area (Å²) in [7, 11) is 0. The largest absolute Gasteiger partial charge is 0.425 e. The first-order valence-corrected chi connectivity index (χ1v) is 15.4. The minimum absolute atomic E-state index is 0.196. The van der Waals surface area contributed by atoms with Gasteiger partial charge in [0.05, 0.1) is 43.6 Å². The number of aliphatic hydroxyl groups is 1. The summed E-state index contributed by atoms with van der Waals surface area (Å²) in [5, 5.41) is 20.8. The lowest BCUT2D eigenvalue weighted by molar-refractivity contribution is -0.140. The van der Waals surface area contributed by atoms with Crippen LogP contribution in [0, 0.1) is 28.6 Å². The minimum Gasteiger partial charge on any atom is -0.425 e. The first-order chi connectivity index (χ1) is 18.0. The summed E-state index contributed by atoms with van der Waals surface area (Å²) in [6.45, 7) is 13.8. The number of benzene rings is 1. The second-order valence-corrected chi connectivity index (χ2v) is 13.1. The average molecular weight is 562 g/mol. The molecule has 0 aromatic heterocycles. The third-order valence-electron chi connectivity index (χ3n) is 6.75. The van der Waals surface area contributed by atoms with Crippen LogP contribution < -0.4 is 9.47 Å². The normalized spacial score (nSPS) is 15.3. The topological polar surface area (TPSA) is 96.6 Å². The Morgan fingerprint density at radius 3 is 1.63 bits per heavy atom. The van der Waals surface area contributed by atoms with Crippen LogP contribution in [0.4, 0.5) is 0 Å². The summed E-state index contributed by atoms with van der Waals surface area (Å²) in [6.07, 6.45) is 5.84. The van der Waals surface area contributed by atoms with Crippen LogP contribution in [-0.4, -0.2) is 23.1 Å². The van der Waals surface area contributed by atoms with E-state index in [1.165, 1.54) is 23.5 Å². The molecule has 1 aliphatic rings. The zero-order valence-electron chi connectivity index (χ0n) is 23.9. The SMILES string of the molecule is CCCCC(CC)C(=O)Oc1ccc(OC(=O)C(CC)CCCC)c2c1SC(=C(C#N)C(O)C(C)(C)C)S2. The second-order valence-electron chi connectivity index (χ2n) is 10.8. The average Bonchev–Trinajstić information content (AvgIpc) is 3.32. The van der Waals surface area contributed by atoms with Crippen LogP contribution in [0.2, 0.25) is 0 Å². The van der Waals surface area contributed by atoms with Gasteiger partial charge in [0, 0.05) is 0 Å². The maximum Gasteiger partial charge on any atom is 0.314 e. The van der Waals surface area contributed by atoms with Crippen molar-refractivity contribution >= 4 is 35.5 Å². The van der Waals surface area contributed by atoms with Gasteiger partial charge in [-0.15, -0.1) is 0 Å². The lowest BCUT2D eigenvalue weighted by atomic mass is 9.85. The molecule has 0 fully saturated rings. The van der Waals surface area contributed by atoms with Gasteiger partial charge < -0.3 is 14.6 Å². The van der Waals surface area contributed by atoms with Gasteiger partial charge in [-0.3, -0.25) is 9.59 Å². The van der Waals surface area contributed by atoms with E-state index in [2.05, 4.69) is 19.9 Å². The Labute approximate surface area is 236 Å². The molecular formula is C30H43NO5S2. The van der Waals surface area contributed by atoms with E-state index >= 15 is 0 Å². The first kappa shape index (κ1) is 32.3. The minimum atomic E-state index is -0.981. The molecule has 1 N–H and O–H groups in total. The van der Waals surface area contributed by atoms with Gasteiger partial charge in [0.2, 0.25) is 0 Å². The number of aliphatic hydroxyl groups excluding tert-OH is 1. The molecule has 8 heteroatoms. The van der Waals surface area contributed by atoms with Crippen molar-refractivity contribution in [1.82, 2.24) is 0 Å². The Morgan fingerprint density at radius 1 is 0.895 bits per heavy atom. The molecule has 6 nitrogen and oxygen atoms in total. The fraction of sp³-hybridized carbons (Fsp3) is 0.633. The van der Waals surface area contributed by atoms with Crippen LogP contribution in [0.15, 0.2) is 31.7 Å². The van der Waals surface area contributed by atoms with Crippen LogP contribution in [0.1, 0.15) is 99.8 Å². The number of esters is 2. The highest BCUT2D eigenvalue weighted by atomic mass is 32.2. The molecule has 0 amide bonds. The van der Waals surface area contributed by atoms with Gasteiger partial charge in [-0.05, 0) is 43.2 Å². The maximum atomic E-state index is 13.0. The predicted octanol–water partition coefficient (Wildman–Crippen LogP) is 8.27. The Morgan fingerprint density at radius 2 is 1.32 bits per heavy atom. The van der Waals surface area contributed by atoms with E-state index < -0.39 is 11.5 Å². The number of ether oxygens (including phenoxy) is 2. The molecular weight excluding hydrogens is 518 g/mol. The van der Waals surface area contributed by atoms with Crippen LogP contribution >= 0.6 is 23.5 Å². The Hall–Kier alpha value is -1.95. The van der Waals surface area contributed by atoms with Gasteiger partial charge in [-0.25, -0.2) is 0 Å². The summed E-state index contributed by atoms with van der Waals surface area (Å²) < 4.78 is 12.4. The standard InChI is InChI=1S/C30H43NO5S2/c1-8-12-14-19(10-3)27(33)35-22-16-17-23(36-28(34)20(11-4)15-13-9-2)25-24(22)37-29(38-25)21(18-31)26(32)30(5,6)7/h16-17,19-20,26,32H,8-15H2,1-7H3. The van der Waals surface area contributed by atoms with Crippen molar-refractivity contribution in [2.75, 3.05) is 0 Å². The van der Waals surface area contributed by atoms with E-state index in [-0.39, 0.29) is 29.3 Å². The van der Waals surface area contributed by atoms with Crippen LogP contribution in [0.3, 0.4) is 0 Å². The number of hydrogen-bond acceptors (Lipinski definition) is 8. The lowest BCUT2D eigenvalue weighted by Gasteiger charge is -2.25. The molecule has 1 heterocycles. The Bertz CT molecular complexity index is 993. The number of nitriles is 1. The fourth-order valence-electron chi connectivity index (χ4n) is 4.11. The fourth-order valence-corrected chi connectivity index (χ4v) is 6.74. The van der Waals surface area contributed by atoms with Gasteiger partial charge in [0.25, 0.3) is 0 Å². The number of hydrogen-bond donors (Lipinski definition) is 1. The van der Waals surface area contributed by atoms with Crippen molar-refractivity contribution in [2.24, 2.45) is 17.3 Å². The molecule has 1 aromatic rings. The lowest BCUT2D eigenvalue weighted by Crippen LogP contribution is -2.27. The molecule has 0 saturated heterocycles. The van der Waals surface area contributed by atoms with E-state index in [1.807, 2.05) is 34.6 Å². The van der Waals surface area contributed by atoms with Gasteiger partial charge in [-0.2, -0.15) is 5.26 Å². The molecule has 210 valence electrons. The molecule has 0 aliphatic carbocycles. The van der Waals surface area contributed by atoms with Crippen molar-refractivity contribution in [2.45, 2.75) is 116 Å². The van der Waals surface area contributed by atoms with Crippen molar-refractivity contribution in [3.05, 3.63) is 21.9 Å². The highest BCUT2D eigenvalue weighted by molar-refractivity contribution is 8.24. The number of carbonyl (C=O) groups excluding carboxylic acids is 2. The number of carbonyl (C=O) groups is 2. The zero-order valence-corrected chi connectivity index (χ0v) is 25.5. The van der Waals surface area contributed by atoms with Crippen molar-refractivity contribution in [3.8, 4) is 17.6 Å². The molecule has 0 saturated carbocycles. The molecule has 0 radical (unpaired) electrons. The smallest absolute Gasteiger partial charge is 0.314 e. The van der Waals surface area contributed by atoms with Gasteiger partial charge in [-0.1, -0.05) is 97.7 Å². The highest BCUT2D eigenvalue weighted by Gasteiger charge is 2.35. The predicted molar refractivity (Wildman–Crippen MR) is 154 cm³/mol. The number of thioether (sulfide) groups is 2. The van der Waals surface area contributed by atoms with Gasteiger partial charge >= 0.3 is 11.9 Å². The second kappa shape index (κ2) is 15.0. The summed E-state index contributed by atoms with van der Waals surface area (Å²) in [6, 6.07) is 5.52. The highest BCUT2D eigenvalue weighted by Crippen LogP contribution is 2.59. The number of unbranched alkanes of at least 4 members (excludes halogenated alkanes) is 2. The molecule has 1 aromatic carbocycles. The van der Waals surface area contributed by atoms with Gasteiger partial charge in [0.1, 0.15) is 11.5 Å². The molecule has 1 aliphatic heterocycles. The molecule has 0 spiro atoms. The van der Waals surface area contributed by atoms with Crippen molar-refractivity contribution in [1.29, 1.82) is 5.26 Å².